The van der Waals surface area contributed by atoms with Crippen molar-refractivity contribution in [3.05, 3.63) is 59.7 Å². The molecule has 0 unspecified atom stereocenters. The molecule has 1 aliphatic carbocycles. The van der Waals surface area contributed by atoms with Crippen LogP contribution in [0.25, 0.3) is 11.1 Å². The summed E-state index contributed by atoms with van der Waals surface area (Å²) in [5, 5.41) is 0. The van der Waals surface area contributed by atoms with E-state index in [-0.39, 0.29) is 0 Å². The first-order chi connectivity index (χ1) is 9.15. The first-order valence-electron chi connectivity index (χ1n) is 5.81. The van der Waals surface area contributed by atoms with E-state index in [1.54, 1.807) is 0 Å². The van der Waals surface area contributed by atoms with E-state index >= 15 is 0 Å². The summed E-state index contributed by atoms with van der Waals surface area (Å²) in [6.07, 6.45) is 0. The summed E-state index contributed by atoms with van der Waals surface area (Å²) in [6, 6.07) is 17.1. The lowest BCUT2D eigenvalue weighted by molar-refractivity contribution is 0.966. The summed E-state index contributed by atoms with van der Waals surface area (Å²) in [5.74, 6) is 1.03. The van der Waals surface area contributed by atoms with Gasteiger partial charge in [0.25, 0.3) is 0 Å². The SMILES string of the molecule is ClC(Cl)Cl.ClCC1c2ccccc2-c2ccccc21. The molecular formula is C15H12Cl4. The number of alkyl halides is 4. The highest BCUT2D eigenvalue weighted by molar-refractivity contribution is 6.63. The summed E-state index contributed by atoms with van der Waals surface area (Å²) >= 11 is 20.5. The maximum absolute atomic E-state index is 6.06. The Morgan fingerprint density at radius 3 is 1.53 bits per heavy atom. The minimum absolute atomic E-state index is 0.374. The predicted octanol–water partition coefficient (Wildman–Crippen LogP) is 6.02. The summed E-state index contributed by atoms with van der Waals surface area (Å²) in [7, 11) is 0. The lowest BCUT2D eigenvalue weighted by atomic mass is 9.99. The third-order valence-corrected chi connectivity index (χ3v) is 3.43. The molecule has 0 aliphatic heterocycles. The van der Waals surface area contributed by atoms with E-state index in [2.05, 4.69) is 48.5 Å². The molecule has 0 heterocycles. The van der Waals surface area contributed by atoms with E-state index < -0.39 is 4.30 Å². The van der Waals surface area contributed by atoms with Crippen LogP contribution in [0.2, 0.25) is 0 Å². The van der Waals surface area contributed by atoms with Gasteiger partial charge in [0.1, 0.15) is 0 Å². The Hall–Kier alpha value is -0.400. The summed E-state index contributed by atoms with van der Waals surface area (Å²) in [4.78, 5) is 0. The topological polar surface area (TPSA) is 0 Å². The molecular weight excluding hydrogens is 322 g/mol. The van der Waals surface area contributed by atoms with Crippen LogP contribution in [0.3, 0.4) is 0 Å². The number of rotatable bonds is 1. The average Bonchev–Trinajstić information content (AvgIpc) is 2.72. The smallest absolute Gasteiger partial charge is 0.126 e. The van der Waals surface area contributed by atoms with Gasteiger partial charge in [-0.1, -0.05) is 83.3 Å². The molecule has 0 N–H and O–H groups in total. The van der Waals surface area contributed by atoms with Gasteiger partial charge in [-0.15, -0.1) is 11.6 Å². The third-order valence-electron chi connectivity index (χ3n) is 3.12. The zero-order valence-corrected chi connectivity index (χ0v) is 13.0. The summed E-state index contributed by atoms with van der Waals surface area (Å²) < 4.78 is -0.750. The second-order valence-electron chi connectivity index (χ2n) is 4.13. The fraction of sp³-hybridized carbons (Fsp3) is 0.200. The van der Waals surface area contributed by atoms with Crippen molar-refractivity contribution in [2.75, 3.05) is 5.88 Å². The second-order valence-corrected chi connectivity index (χ2v) is 6.42. The van der Waals surface area contributed by atoms with Crippen molar-refractivity contribution in [3.8, 4) is 11.1 Å². The molecule has 0 radical (unpaired) electrons. The molecule has 0 fully saturated rings. The minimum atomic E-state index is -0.750. The van der Waals surface area contributed by atoms with Gasteiger partial charge in [-0.05, 0) is 22.3 Å². The number of hydrogen-bond donors (Lipinski definition) is 0. The van der Waals surface area contributed by atoms with Crippen LogP contribution in [0.5, 0.6) is 0 Å². The Morgan fingerprint density at radius 1 is 0.789 bits per heavy atom. The summed E-state index contributed by atoms with van der Waals surface area (Å²) in [5.41, 5.74) is 5.43. The van der Waals surface area contributed by atoms with E-state index in [4.69, 9.17) is 46.4 Å². The molecule has 0 bridgehead atoms. The monoisotopic (exact) mass is 332 g/mol. The molecule has 0 saturated heterocycles. The highest BCUT2D eigenvalue weighted by atomic mass is 35.6. The molecule has 3 rings (SSSR count). The number of benzene rings is 2. The van der Waals surface area contributed by atoms with Crippen LogP contribution in [0.4, 0.5) is 0 Å². The van der Waals surface area contributed by atoms with Crippen molar-refractivity contribution in [2.24, 2.45) is 0 Å². The van der Waals surface area contributed by atoms with Crippen LogP contribution >= 0.6 is 46.4 Å². The molecule has 2 aromatic rings. The van der Waals surface area contributed by atoms with Crippen molar-refractivity contribution in [1.82, 2.24) is 0 Å². The Bertz CT molecular complexity index is 503. The highest BCUT2D eigenvalue weighted by Crippen LogP contribution is 2.44. The predicted molar refractivity (Wildman–Crippen MR) is 85.8 cm³/mol. The molecule has 0 atom stereocenters. The second kappa shape index (κ2) is 6.85. The van der Waals surface area contributed by atoms with Crippen molar-refractivity contribution in [3.63, 3.8) is 0 Å². The van der Waals surface area contributed by atoms with Crippen LogP contribution in [0, 0.1) is 0 Å². The van der Waals surface area contributed by atoms with Crippen molar-refractivity contribution >= 4 is 46.4 Å². The van der Waals surface area contributed by atoms with Crippen molar-refractivity contribution in [2.45, 2.75) is 10.2 Å². The van der Waals surface area contributed by atoms with Gasteiger partial charge in [-0.25, -0.2) is 0 Å². The fourth-order valence-corrected chi connectivity index (χ4v) is 2.76. The van der Waals surface area contributed by atoms with Gasteiger partial charge >= 0.3 is 0 Å². The van der Waals surface area contributed by atoms with E-state index in [0.717, 1.165) is 0 Å². The van der Waals surface area contributed by atoms with E-state index in [1.807, 2.05) is 0 Å². The van der Waals surface area contributed by atoms with Crippen LogP contribution in [-0.4, -0.2) is 10.2 Å². The van der Waals surface area contributed by atoms with Crippen LogP contribution in [0.1, 0.15) is 17.0 Å². The maximum Gasteiger partial charge on any atom is 0.180 e. The molecule has 0 aromatic heterocycles. The van der Waals surface area contributed by atoms with E-state index in [9.17, 15) is 0 Å². The molecule has 100 valence electrons. The average molecular weight is 334 g/mol. The molecule has 4 heteroatoms. The highest BCUT2D eigenvalue weighted by Gasteiger charge is 2.26. The zero-order valence-electron chi connectivity index (χ0n) is 9.99. The normalized spacial score (nSPS) is 12.7. The first-order valence-corrected chi connectivity index (χ1v) is 7.66. The number of hydrogen-bond acceptors (Lipinski definition) is 0. The fourth-order valence-electron chi connectivity index (χ4n) is 2.43. The van der Waals surface area contributed by atoms with Gasteiger partial charge in [-0.2, -0.15) is 0 Å². The quantitative estimate of drug-likeness (QED) is 0.559. The Balaban J connectivity index is 0.000000297. The van der Waals surface area contributed by atoms with Gasteiger partial charge in [0.2, 0.25) is 0 Å². The van der Waals surface area contributed by atoms with Gasteiger partial charge in [0, 0.05) is 11.8 Å². The van der Waals surface area contributed by atoms with Crippen LogP contribution < -0.4 is 0 Å². The van der Waals surface area contributed by atoms with Crippen LogP contribution in [0.15, 0.2) is 48.5 Å². The molecule has 1 aliphatic rings. The van der Waals surface area contributed by atoms with Crippen molar-refractivity contribution < 1.29 is 0 Å². The standard InChI is InChI=1S/C14H11Cl.CHCl3/c15-9-14-12-7-3-1-5-10(12)11-6-2-4-8-13(11)14;2-1(3)4/h1-8,14H,9H2;1H. The zero-order chi connectivity index (χ0) is 13.8. The Labute approximate surface area is 133 Å². The summed E-state index contributed by atoms with van der Waals surface area (Å²) in [6.45, 7) is 0. The molecule has 0 spiro atoms. The van der Waals surface area contributed by atoms with Gasteiger partial charge < -0.3 is 0 Å². The lowest BCUT2D eigenvalue weighted by Crippen LogP contribution is -1.96. The maximum atomic E-state index is 6.06. The van der Waals surface area contributed by atoms with Gasteiger partial charge in [0.05, 0.1) is 0 Å². The largest absolute Gasteiger partial charge is 0.180 e. The molecule has 19 heavy (non-hydrogen) atoms. The molecule has 0 saturated carbocycles. The molecule has 0 amide bonds. The van der Waals surface area contributed by atoms with E-state index in [0.29, 0.717) is 11.8 Å². The minimum Gasteiger partial charge on any atom is -0.126 e. The Morgan fingerprint density at radius 2 is 1.16 bits per heavy atom. The molecule has 0 nitrogen and oxygen atoms in total. The van der Waals surface area contributed by atoms with Gasteiger partial charge in [0.15, 0.2) is 4.30 Å². The Kier molecular flexibility index (Phi) is 5.41. The first kappa shape index (κ1) is 15.0. The van der Waals surface area contributed by atoms with Gasteiger partial charge in [-0.3, -0.25) is 0 Å². The third kappa shape index (κ3) is 3.38. The van der Waals surface area contributed by atoms with Crippen molar-refractivity contribution in [1.29, 1.82) is 0 Å². The van der Waals surface area contributed by atoms with Crippen LogP contribution in [-0.2, 0) is 0 Å². The van der Waals surface area contributed by atoms with E-state index in [1.165, 1.54) is 22.3 Å². The lowest BCUT2D eigenvalue weighted by Gasteiger charge is -2.08. The number of fused-ring (bicyclic) bond motifs is 3. The number of halogens is 4. The molecule has 2 aromatic carbocycles.